The molecular weight excluding hydrogens is 380 g/mol. The predicted octanol–water partition coefficient (Wildman–Crippen LogP) is 3.30. The molecule has 1 amide bonds. The molecule has 0 bridgehead atoms. The first-order chi connectivity index (χ1) is 13.7. The number of carbonyl (C=O) groups is 1. The molecule has 28 heavy (non-hydrogen) atoms. The van der Waals surface area contributed by atoms with E-state index in [0.29, 0.717) is 17.2 Å². The van der Waals surface area contributed by atoms with Crippen LogP contribution in [0.3, 0.4) is 0 Å². The fourth-order valence-electron chi connectivity index (χ4n) is 3.42. The number of ether oxygens (including phenoxy) is 3. The van der Waals surface area contributed by atoms with Crippen LogP contribution in [0, 0.1) is 0 Å². The van der Waals surface area contributed by atoms with Crippen LogP contribution in [-0.4, -0.2) is 61.8 Å². The zero-order chi connectivity index (χ0) is 19.3. The lowest BCUT2D eigenvalue weighted by Gasteiger charge is -2.34. The van der Waals surface area contributed by atoms with Crippen LogP contribution < -0.4 is 14.2 Å². The van der Waals surface area contributed by atoms with Gasteiger partial charge in [0.05, 0.1) is 6.61 Å². The van der Waals surface area contributed by atoms with Crippen molar-refractivity contribution in [2.24, 2.45) is 0 Å². The number of hydrogen-bond donors (Lipinski definition) is 0. The van der Waals surface area contributed by atoms with Gasteiger partial charge in [-0.25, -0.2) is 0 Å². The van der Waals surface area contributed by atoms with E-state index in [1.807, 2.05) is 35.2 Å². The van der Waals surface area contributed by atoms with E-state index in [4.69, 9.17) is 25.8 Å². The summed E-state index contributed by atoms with van der Waals surface area (Å²) >= 11 is 5.99. The topological polar surface area (TPSA) is 51.2 Å². The standard InChI is InChI=1S/C21H23ClN2O4/c22-17-4-1-3-16(13-17)21(25)24-10-8-23(9-11-24)7-2-12-26-18-5-6-19-20(14-18)28-15-27-19/h1,3-6,13-14H,2,7-12,15H2. The average molecular weight is 403 g/mol. The number of amides is 1. The third-order valence-corrected chi connectivity index (χ3v) is 5.20. The van der Waals surface area contributed by atoms with Gasteiger partial charge >= 0.3 is 0 Å². The van der Waals surface area contributed by atoms with Gasteiger partial charge in [0, 0.05) is 49.4 Å². The highest BCUT2D eigenvalue weighted by molar-refractivity contribution is 6.30. The van der Waals surface area contributed by atoms with Gasteiger partial charge in [0.25, 0.3) is 5.91 Å². The molecule has 148 valence electrons. The summed E-state index contributed by atoms with van der Waals surface area (Å²) < 4.78 is 16.5. The summed E-state index contributed by atoms with van der Waals surface area (Å²) in [6, 6.07) is 12.8. The van der Waals surface area contributed by atoms with Crippen molar-refractivity contribution in [3.05, 3.63) is 53.1 Å². The lowest BCUT2D eigenvalue weighted by molar-refractivity contribution is 0.0630. The molecule has 2 aromatic rings. The minimum atomic E-state index is 0.0493. The molecule has 1 saturated heterocycles. The molecule has 0 spiro atoms. The Balaban J connectivity index is 1.17. The number of nitrogens with zero attached hydrogens (tertiary/aromatic N) is 2. The summed E-state index contributed by atoms with van der Waals surface area (Å²) in [4.78, 5) is 16.8. The van der Waals surface area contributed by atoms with Crippen molar-refractivity contribution in [2.75, 3.05) is 46.1 Å². The highest BCUT2D eigenvalue weighted by Gasteiger charge is 2.22. The van der Waals surface area contributed by atoms with Crippen molar-refractivity contribution in [2.45, 2.75) is 6.42 Å². The SMILES string of the molecule is O=C(c1cccc(Cl)c1)N1CCN(CCCOc2ccc3c(c2)OCO3)CC1. The molecule has 7 heteroatoms. The molecule has 0 unspecified atom stereocenters. The number of piperazine rings is 1. The Bertz CT molecular complexity index is 837. The van der Waals surface area contributed by atoms with Gasteiger partial charge in [-0.2, -0.15) is 0 Å². The minimum Gasteiger partial charge on any atom is -0.493 e. The maximum absolute atomic E-state index is 12.6. The summed E-state index contributed by atoms with van der Waals surface area (Å²) in [6.45, 7) is 5.06. The first kappa shape index (κ1) is 18.9. The first-order valence-corrected chi connectivity index (χ1v) is 9.86. The van der Waals surface area contributed by atoms with Crippen LogP contribution in [0.2, 0.25) is 5.02 Å². The van der Waals surface area contributed by atoms with E-state index in [2.05, 4.69) is 4.90 Å². The fraction of sp³-hybridized carbons (Fsp3) is 0.381. The van der Waals surface area contributed by atoms with Gasteiger partial charge in [0.2, 0.25) is 6.79 Å². The summed E-state index contributed by atoms with van der Waals surface area (Å²) in [5, 5.41) is 0.590. The molecule has 6 nitrogen and oxygen atoms in total. The molecule has 0 atom stereocenters. The predicted molar refractivity (Wildman–Crippen MR) is 106 cm³/mol. The quantitative estimate of drug-likeness (QED) is 0.694. The van der Waals surface area contributed by atoms with Crippen molar-refractivity contribution in [3.63, 3.8) is 0 Å². The second kappa shape index (κ2) is 8.71. The molecule has 0 N–H and O–H groups in total. The molecule has 2 aliphatic heterocycles. The summed E-state index contributed by atoms with van der Waals surface area (Å²) in [7, 11) is 0. The Hall–Kier alpha value is -2.44. The lowest BCUT2D eigenvalue weighted by Crippen LogP contribution is -2.49. The maximum atomic E-state index is 12.6. The van der Waals surface area contributed by atoms with Crippen molar-refractivity contribution in [1.82, 2.24) is 9.80 Å². The van der Waals surface area contributed by atoms with Crippen LogP contribution >= 0.6 is 11.6 Å². The number of halogens is 1. The second-order valence-electron chi connectivity index (χ2n) is 6.86. The van der Waals surface area contributed by atoms with Crippen LogP contribution in [0.1, 0.15) is 16.8 Å². The van der Waals surface area contributed by atoms with Crippen molar-refractivity contribution in [1.29, 1.82) is 0 Å². The zero-order valence-corrected chi connectivity index (χ0v) is 16.4. The molecular formula is C21H23ClN2O4. The lowest BCUT2D eigenvalue weighted by atomic mass is 10.2. The van der Waals surface area contributed by atoms with Crippen molar-refractivity contribution < 1.29 is 19.0 Å². The van der Waals surface area contributed by atoms with Crippen LogP contribution in [0.25, 0.3) is 0 Å². The Morgan fingerprint density at radius 1 is 1.04 bits per heavy atom. The van der Waals surface area contributed by atoms with Crippen LogP contribution in [0.4, 0.5) is 0 Å². The Morgan fingerprint density at radius 2 is 1.86 bits per heavy atom. The van der Waals surface area contributed by atoms with Gasteiger partial charge in [-0.05, 0) is 36.8 Å². The van der Waals surface area contributed by atoms with Gasteiger partial charge < -0.3 is 19.1 Å². The highest BCUT2D eigenvalue weighted by atomic mass is 35.5. The van der Waals surface area contributed by atoms with Gasteiger partial charge in [-0.15, -0.1) is 0 Å². The van der Waals surface area contributed by atoms with E-state index in [9.17, 15) is 4.79 Å². The molecule has 2 aliphatic rings. The summed E-state index contributed by atoms with van der Waals surface area (Å²) in [5.74, 6) is 2.34. The van der Waals surface area contributed by atoms with Gasteiger partial charge in [-0.1, -0.05) is 17.7 Å². The Morgan fingerprint density at radius 3 is 2.68 bits per heavy atom. The van der Waals surface area contributed by atoms with E-state index in [0.717, 1.165) is 56.4 Å². The molecule has 0 aliphatic carbocycles. The Kier molecular flexibility index (Phi) is 5.88. The second-order valence-corrected chi connectivity index (χ2v) is 7.30. The van der Waals surface area contributed by atoms with Gasteiger partial charge in [-0.3, -0.25) is 9.69 Å². The van der Waals surface area contributed by atoms with Crippen LogP contribution in [0.5, 0.6) is 17.2 Å². The molecule has 0 aromatic heterocycles. The maximum Gasteiger partial charge on any atom is 0.253 e. The van der Waals surface area contributed by atoms with E-state index >= 15 is 0 Å². The molecule has 2 heterocycles. The van der Waals surface area contributed by atoms with Crippen LogP contribution in [-0.2, 0) is 0 Å². The third-order valence-electron chi connectivity index (χ3n) is 4.96. The van der Waals surface area contributed by atoms with E-state index in [1.54, 1.807) is 12.1 Å². The number of rotatable bonds is 6. The Labute approximate surface area is 169 Å². The van der Waals surface area contributed by atoms with E-state index in [1.165, 1.54) is 0 Å². The molecule has 2 aromatic carbocycles. The molecule has 0 radical (unpaired) electrons. The fourth-order valence-corrected chi connectivity index (χ4v) is 3.61. The van der Waals surface area contributed by atoms with Crippen molar-refractivity contribution >= 4 is 17.5 Å². The first-order valence-electron chi connectivity index (χ1n) is 9.49. The summed E-state index contributed by atoms with van der Waals surface area (Å²) in [5.41, 5.74) is 0.651. The summed E-state index contributed by atoms with van der Waals surface area (Å²) in [6.07, 6.45) is 0.927. The van der Waals surface area contributed by atoms with Crippen LogP contribution in [0.15, 0.2) is 42.5 Å². The molecule has 0 saturated carbocycles. The molecule has 4 rings (SSSR count). The van der Waals surface area contributed by atoms with Gasteiger partial charge in [0.15, 0.2) is 11.5 Å². The normalized spacial score (nSPS) is 16.2. The zero-order valence-electron chi connectivity index (χ0n) is 15.6. The monoisotopic (exact) mass is 402 g/mol. The van der Waals surface area contributed by atoms with E-state index < -0.39 is 0 Å². The third kappa shape index (κ3) is 4.51. The molecule has 1 fully saturated rings. The van der Waals surface area contributed by atoms with Crippen molar-refractivity contribution in [3.8, 4) is 17.2 Å². The average Bonchev–Trinajstić information content (AvgIpc) is 3.19. The number of hydrogen-bond acceptors (Lipinski definition) is 5. The van der Waals surface area contributed by atoms with Gasteiger partial charge in [0.1, 0.15) is 5.75 Å². The number of fused-ring (bicyclic) bond motifs is 1. The highest BCUT2D eigenvalue weighted by Crippen LogP contribution is 2.35. The van der Waals surface area contributed by atoms with E-state index in [-0.39, 0.29) is 12.7 Å². The number of carbonyl (C=O) groups excluding carboxylic acids is 1. The largest absolute Gasteiger partial charge is 0.493 e. The minimum absolute atomic E-state index is 0.0493. The number of benzene rings is 2. The smallest absolute Gasteiger partial charge is 0.253 e.